The van der Waals surface area contributed by atoms with E-state index >= 15 is 0 Å². The molecule has 4 saturated heterocycles. The maximum atomic E-state index is 12.2. The van der Waals surface area contributed by atoms with E-state index in [1.54, 1.807) is 7.11 Å². The van der Waals surface area contributed by atoms with Gasteiger partial charge in [0.25, 0.3) is 0 Å². The zero-order valence-corrected chi connectivity index (χ0v) is 19.0. The molecule has 4 aliphatic heterocycles. The van der Waals surface area contributed by atoms with E-state index in [2.05, 4.69) is 26.7 Å². The lowest BCUT2D eigenvalue weighted by atomic mass is 9.73. The summed E-state index contributed by atoms with van der Waals surface area (Å²) in [6.45, 7) is 9.24. The highest BCUT2D eigenvalue weighted by molar-refractivity contribution is 5.98. The first kappa shape index (κ1) is 22.1. The number of hydrogen-bond acceptors (Lipinski definition) is 7. The van der Waals surface area contributed by atoms with Crippen LogP contribution in [0, 0.1) is 11.8 Å². The van der Waals surface area contributed by atoms with Crippen molar-refractivity contribution in [3.63, 3.8) is 0 Å². The zero-order chi connectivity index (χ0) is 23.1. The summed E-state index contributed by atoms with van der Waals surface area (Å²) in [5, 5.41) is 25.6. The Kier molecular flexibility index (Phi) is 5.99. The molecule has 0 aliphatic carbocycles. The average Bonchev–Trinajstić information content (AvgIpc) is 2.87. The molecule has 4 aliphatic rings. The number of ether oxygens (including phenoxy) is 1. The lowest BCUT2D eigenvalue weighted by Crippen LogP contribution is -2.55. The summed E-state index contributed by atoms with van der Waals surface area (Å²) >= 11 is 0. The van der Waals surface area contributed by atoms with Crippen molar-refractivity contribution in [2.24, 2.45) is 11.8 Å². The summed E-state index contributed by atoms with van der Waals surface area (Å²) in [6.07, 6.45) is 4.40. The second-order valence-corrected chi connectivity index (χ2v) is 9.36. The van der Waals surface area contributed by atoms with Gasteiger partial charge in [0, 0.05) is 55.9 Å². The van der Waals surface area contributed by atoms with E-state index in [4.69, 9.17) is 4.74 Å². The number of aromatic carboxylic acids is 1. The number of benzene rings is 1. The van der Waals surface area contributed by atoms with Crippen LogP contribution >= 0.6 is 0 Å². The summed E-state index contributed by atoms with van der Waals surface area (Å²) < 4.78 is 5.72. The Morgan fingerprint density at radius 1 is 1.33 bits per heavy atom. The first-order valence-electron chi connectivity index (χ1n) is 11.8. The number of pyridine rings is 1. The Morgan fingerprint density at radius 2 is 2.12 bits per heavy atom. The molecule has 8 heteroatoms. The number of nitrogens with zero attached hydrogens (tertiary/aromatic N) is 3. The Labute approximate surface area is 193 Å². The van der Waals surface area contributed by atoms with Gasteiger partial charge in [0.05, 0.1) is 30.0 Å². The third-order valence-corrected chi connectivity index (χ3v) is 7.71. The summed E-state index contributed by atoms with van der Waals surface area (Å²) in [7, 11) is 1.62. The van der Waals surface area contributed by atoms with Gasteiger partial charge < -0.3 is 25.2 Å². The van der Waals surface area contributed by atoms with Crippen molar-refractivity contribution in [2.45, 2.75) is 25.0 Å². The van der Waals surface area contributed by atoms with Gasteiger partial charge in [0.2, 0.25) is 0 Å². The molecule has 0 amide bonds. The number of carboxylic acid groups (broad SMARTS) is 1. The van der Waals surface area contributed by atoms with Gasteiger partial charge in [-0.15, -0.1) is 6.58 Å². The van der Waals surface area contributed by atoms with Gasteiger partial charge in [0.1, 0.15) is 5.75 Å². The molecule has 1 aromatic heterocycles. The van der Waals surface area contributed by atoms with Gasteiger partial charge in [-0.2, -0.15) is 0 Å². The molecule has 5 heterocycles. The van der Waals surface area contributed by atoms with Crippen molar-refractivity contribution in [2.75, 3.05) is 51.3 Å². The number of carbonyl (C=O) groups is 1. The second-order valence-electron chi connectivity index (χ2n) is 9.36. The number of methoxy groups -OCH3 is 1. The van der Waals surface area contributed by atoms with Gasteiger partial charge in [-0.25, -0.2) is 4.79 Å². The monoisotopic (exact) mass is 452 g/mol. The van der Waals surface area contributed by atoms with Crippen LogP contribution < -0.4 is 15.0 Å². The largest absolute Gasteiger partial charge is 0.495 e. The Morgan fingerprint density at radius 3 is 2.76 bits per heavy atom. The van der Waals surface area contributed by atoms with Gasteiger partial charge in [-0.1, -0.05) is 6.08 Å². The van der Waals surface area contributed by atoms with Gasteiger partial charge in [0.15, 0.2) is 0 Å². The highest BCUT2D eigenvalue weighted by atomic mass is 16.5. The van der Waals surface area contributed by atoms with Crippen molar-refractivity contribution < 1.29 is 19.7 Å². The van der Waals surface area contributed by atoms with Crippen LogP contribution in [0.2, 0.25) is 0 Å². The standard InChI is InChI=1S/C25H32N4O4/c1-3-15-14-29-7-4-16(15)10-21(29)24(30)23-17-11-22(33-2)20(28-8-5-26-6-9-28)12-19(17)27-13-18(23)25(31)32/h3,11-13,15-16,21,24,26,30H,1,4-10,14H2,2H3,(H,31,32)/t15-,16-,21+,24+/m0/s1. The van der Waals surface area contributed by atoms with Crippen LogP contribution in [0.15, 0.2) is 31.0 Å². The third kappa shape index (κ3) is 3.86. The maximum absolute atomic E-state index is 12.2. The number of fused-ring (bicyclic) bond motifs is 4. The molecule has 0 saturated carbocycles. The molecular formula is C25H32N4O4. The predicted octanol–water partition coefficient (Wildman–Crippen LogP) is 2.28. The summed E-state index contributed by atoms with van der Waals surface area (Å²) in [6, 6.07) is 3.69. The van der Waals surface area contributed by atoms with Gasteiger partial charge in [-0.3, -0.25) is 9.88 Å². The van der Waals surface area contributed by atoms with Crippen LogP contribution in [0.5, 0.6) is 5.75 Å². The number of piperazine rings is 1. The number of aromatic nitrogens is 1. The van der Waals surface area contributed by atoms with Crippen LogP contribution in [-0.4, -0.2) is 78.5 Å². The van der Waals surface area contributed by atoms with Crippen LogP contribution in [-0.2, 0) is 0 Å². The minimum Gasteiger partial charge on any atom is -0.495 e. The Bertz CT molecular complexity index is 1070. The van der Waals surface area contributed by atoms with Crippen molar-refractivity contribution in [3.05, 3.63) is 42.1 Å². The highest BCUT2D eigenvalue weighted by Crippen LogP contribution is 2.44. The molecule has 5 atom stereocenters. The fourth-order valence-electron chi connectivity index (χ4n) is 5.93. The number of aliphatic hydroxyl groups is 1. The normalized spacial score (nSPS) is 28.0. The Balaban J connectivity index is 1.60. The van der Waals surface area contributed by atoms with E-state index in [9.17, 15) is 15.0 Å². The Hall–Kier alpha value is -2.68. The number of aliphatic hydroxyl groups excluding tert-OH is 1. The molecule has 6 rings (SSSR count). The van der Waals surface area contributed by atoms with Gasteiger partial charge in [-0.05, 0) is 43.4 Å². The van der Waals surface area contributed by atoms with E-state index in [-0.39, 0.29) is 11.6 Å². The molecule has 2 aromatic rings. The van der Waals surface area contributed by atoms with Crippen molar-refractivity contribution in [3.8, 4) is 5.75 Å². The first-order valence-corrected chi connectivity index (χ1v) is 11.8. The zero-order valence-electron chi connectivity index (χ0n) is 19.0. The molecule has 1 aromatic carbocycles. The summed E-state index contributed by atoms with van der Waals surface area (Å²) in [5.74, 6) is 0.488. The van der Waals surface area contributed by atoms with E-state index in [1.807, 2.05) is 18.2 Å². The SMILES string of the molecule is C=C[C@H]1CN2CC[C@H]1C[C@@H]2[C@@H](O)c1c(C(=O)O)cnc2cc(N3CCNCC3)c(OC)cc12. The molecule has 4 fully saturated rings. The first-order chi connectivity index (χ1) is 16.0. The maximum Gasteiger partial charge on any atom is 0.337 e. The number of hydrogen-bond donors (Lipinski definition) is 3. The van der Waals surface area contributed by atoms with E-state index in [0.717, 1.165) is 57.8 Å². The number of rotatable bonds is 6. The molecule has 8 nitrogen and oxygen atoms in total. The van der Waals surface area contributed by atoms with E-state index < -0.39 is 12.1 Å². The average molecular weight is 453 g/mol. The molecule has 2 bridgehead atoms. The lowest BCUT2D eigenvalue weighted by molar-refractivity contribution is -0.0447. The van der Waals surface area contributed by atoms with Crippen LogP contribution in [0.3, 0.4) is 0 Å². The van der Waals surface area contributed by atoms with Crippen LogP contribution in [0.1, 0.15) is 34.9 Å². The third-order valence-electron chi connectivity index (χ3n) is 7.71. The molecular weight excluding hydrogens is 420 g/mol. The van der Waals surface area contributed by atoms with Gasteiger partial charge >= 0.3 is 5.97 Å². The fraction of sp³-hybridized carbons (Fsp3) is 0.520. The van der Waals surface area contributed by atoms with E-state index in [0.29, 0.717) is 34.1 Å². The molecule has 0 spiro atoms. The minimum atomic E-state index is -1.08. The molecule has 1 unspecified atom stereocenters. The molecule has 0 radical (unpaired) electrons. The van der Waals surface area contributed by atoms with Crippen LogP contribution in [0.4, 0.5) is 5.69 Å². The topological polar surface area (TPSA) is 98.2 Å². The predicted molar refractivity (Wildman–Crippen MR) is 127 cm³/mol. The highest BCUT2D eigenvalue weighted by Gasteiger charge is 2.43. The van der Waals surface area contributed by atoms with Crippen molar-refractivity contribution in [1.29, 1.82) is 0 Å². The smallest absolute Gasteiger partial charge is 0.337 e. The molecule has 176 valence electrons. The quantitative estimate of drug-likeness (QED) is 0.575. The van der Waals surface area contributed by atoms with Crippen LogP contribution in [0.25, 0.3) is 10.9 Å². The van der Waals surface area contributed by atoms with Crippen molar-refractivity contribution in [1.82, 2.24) is 15.2 Å². The lowest BCUT2D eigenvalue weighted by Gasteiger charge is -2.50. The number of piperidine rings is 3. The summed E-state index contributed by atoms with van der Waals surface area (Å²) in [5.41, 5.74) is 2.10. The van der Waals surface area contributed by atoms with E-state index in [1.165, 1.54) is 6.20 Å². The summed E-state index contributed by atoms with van der Waals surface area (Å²) in [4.78, 5) is 21.2. The number of carboxylic acids is 1. The second kappa shape index (κ2) is 8.93. The van der Waals surface area contributed by atoms with Crippen molar-refractivity contribution >= 4 is 22.6 Å². The molecule has 33 heavy (non-hydrogen) atoms. The number of nitrogens with one attached hydrogen (secondary N) is 1. The molecule has 3 N–H and O–H groups in total. The number of anilines is 1. The minimum absolute atomic E-state index is 0.0508. The fourth-order valence-corrected chi connectivity index (χ4v) is 5.93.